The molecule has 4 heteroatoms. The number of hydrogen-bond acceptors (Lipinski definition) is 3. The average molecular weight is 430 g/mol. The van der Waals surface area contributed by atoms with Crippen LogP contribution < -0.4 is 5.73 Å². The predicted octanol–water partition coefficient (Wildman–Crippen LogP) is 6.18. The number of rotatable bonds is 4. The lowest BCUT2D eigenvalue weighted by Crippen LogP contribution is -2.14. The smallest absolute Gasteiger partial charge is 0.336 e. The number of carboxylic acids is 1. The van der Waals surface area contributed by atoms with Gasteiger partial charge in [-0.25, -0.2) is 4.79 Å². The number of hydrogen-bond donors (Lipinski definition) is 2. The van der Waals surface area contributed by atoms with Gasteiger partial charge in [-0.1, -0.05) is 74.6 Å². The summed E-state index contributed by atoms with van der Waals surface area (Å²) in [5, 5.41) is 9.79. The Labute approximate surface area is 190 Å². The molecule has 2 fully saturated rings. The van der Waals surface area contributed by atoms with Crippen LogP contribution in [0.2, 0.25) is 0 Å². The van der Waals surface area contributed by atoms with Crippen LogP contribution in [0.15, 0.2) is 36.4 Å². The van der Waals surface area contributed by atoms with Gasteiger partial charge < -0.3 is 10.8 Å². The molecule has 0 aromatic heterocycles. The van der Waals surface area contributed by atoms with E-state index in [1.165, 1.54) is 63.0 Å². The molecule has 2 aliphatic rings. The fourth-order valence-corrected chi connectivity index (χ4v) is 5.08. The SMILES string of the molecule is Nc1cc(C#CC2CCCCC2)cc(C(=O)O)c1C(=O)c1ccc(C2CCCCC2)cc1. The molecule has 2 saturated carbocycles. The van der Waals surface area contributed by atoms with Crippen LogP contribution in [0.25, 0.3) is 0 Å². The third kappa shape index (κ3) is 5.05. The monoisotopic (exact) mass is 429 g/mol. The molecular formula is C28H31NO3. The maximum absolute atomic E-state index is 13.2. The fraction of sp³-hybridized carbons (Fsp3) is 0.429. The number of nitrogens with two attached hydrogens (primary N) is 1. The van der Waals surface area contributed by atoms with Crippen LogP contribution in [0, 0.1) is 17.8 Å². The number of carbonyl (C=O) groups excluding carboxylic acids is 1. The summed E-state index contributed by atoms with van der Waals surface area (Å²) in [5.41, 5.74) is 8.59. The second kappa shape index (κ2) is 10.0. The largest absolute Gasteiger partial charge is 0.478 e. The number of anilines is 1. The molecule has 2 aromatic rings. The first-order valence-electron chi connectivity index (χ1n) is 11.9. The van der Waals surface area contributed by atoms with E-state index in [0.29, 0.717) is 23.0 Å². The molecule has 0 unspecified atom stereocenters. The summed E-state index contributed by atoms with van der Waals surface area (Å²) >= 11 is 0. The molecule has 0 heterocycles. The van der Waals surface area contributed by atoms with Crippen LogP contribution in [0.1, 0.15) is 108 Å². The Balaban J connectivity index is 1.60. The van der Waals surface area contributed by atoms with Crippen LogP contribution >= 0.6 is 0 Å². The first kappa shape index (κ1) is 22.1. The number of carbonyl (C=O) groups is 2. The molecule has 0 atom stereocenters. The van der Waals surface area contributed by atoms with Gasteiger partial charge in [0.05, 0.1) is 11.1 Å². The summed E-state index contributed by atoms with van der Waals surface area (Å²) in [6.07, 6.45) is 12.0. The zero-order chi connectivity index (χ0) is 22.5. The van der Waals surface area contributed by atoms with E-state index in [2.05, 4.69) is 11.8 Å². The number of benzene rings is 2. The molecule has 166 valence electrons. The average Bonchev–Trinajstić information content (AvgIpc) is 2.83. The summed E-state index contributed by atoms with van der Waals surface area (Å²) in [6, 6.07) is 10.7. The lowest BCUT2D eigenvalue weighted by atomic mass is 9.83. The fourth-order valence-electron chi connectivity index (χ4n) is 5.08. The number of carboxylic acid groups (broad SMARTS) is 1. The maximum Gasteiger partial charge on any atom is 0.336 e. The van der Waals surface area contributed by atoms with Crippen LogP contribution in [0.4, 0.5) is 5.69 Å². The highest BCUT2D eigenvalue weighted by Crippen LogP contribution is 2.33. The molecule has 0 radical (unpaired) electrons. The van der Waals surface area contributed by atoms with Crippen molar-refractivity contribution in [3.8, 4) is 11.8 Å². The normalized spacial score (nSPS) is 17.4. The van der Waals surface area contributed by atoms with Crippen molar-refractivity contribution in [3.05, 3.63) is 64.2 Å². The summed E-state index contributed by atoms with van der Waals surface area (Å²) < 4.78 is 0. The van der Waals surface area contributed by atoms with Gasteiger partial charge in [-0.2, -0.15) is 0 Å². The summed E-state index contributed by atoms with van der Waals surface area (Å²) in [6.45, 7) is 0. The van der Waals surface area contributed by atoms with Gasteiger partial charge in [0.15, 0.2) is 5.78 Å². The molecule has 0 bridgehead atoms. The van der Waals surface area contributed by atoms with E-state index in [1.54, 1.807) is 18.2 Å². The number of nitrogen functional groups attached to an aromatic ring is 1. The first-order chi connectivity index (χ1) is 15.5. The molecule has 2 aromatic carbocycles. The molecule has 0 saturated heterocycles. The minimum Gasteiger partial charge on any atom is -0.478 e. The molecule has 32 heavy (non-hydrogen) atoms. The van der Waals surface area contributed by atoms with Crippen molar-refractivity contribution < 1.29 is 14.7 Å². The van der Waals surface area contributed by atoms with Gasteiger partial charge in [0, 0.05) is 22.7 Å². The van der Waals surface area contributed by atoms with Gasteiger partial charge in [0.2, 0.25) is 0 Å². The van der Waals surface area contributed by atoms with Crippen LogP contribution in [0.5, 0.6) is 0 Å². The van der Waals surface area contributed by atoms with Gasteiger partial charge in [-0.3, -0.25) is 4.79 Å². The molecular weight excluding hydrogens is 398 g/mol. The number of aromatic carboxylic acids is 1. The van der Waals surface area contributed by atoms with E-state index in [-0.39, 0.29) is 22.6 Å². The Hall–Kier alpha value is -3.06. The first-order valence-corrected chi connectivity index (χ1v) is 11.9. The lowest BCUT2D eigenvalue weighted by molar-refractivity contribution is 0.0693. The van der Waals surface area contributed by atoms with Crippen molar-refractivity contribution in [2.75, 3.05) is 5.73 Å². The van der Waals surface area contributed by atoms with Gasteiger partial charge in [0.25, 0.3) is 0 Å². The van der Waals surface area contributed by atoms with Crippen LogP contribution in [-0.2, 0) is 0 Å². The van der Waals surface area contributed by atoms with E-state index in [1.807, 2.05) is 12.1 Å². The highest BCUT2D eigenvalue weighted by Gasteiger charge is 2.23. The molecule has 2 aliphatic carbocycles. The molecule has 3 N–H and O–H groups in total. The van der Waals surface area contributed by atoms with Gasteiger partial charge in [-0.05, 0) is 49.3 Å². The Morgan fingerprint density at radius 3 is 2.12 bits per heavy atom. The quantitative estimate of drug-likeness (QED) is 0.346. The van der Waals surface area contributed by atoms with Crippen molar-refractivity contribution in [1.29, 1.82) is 0 Å². The van der Waals surface area contributed by atoms with E-state index in [4.69, 9.17) is 5.73 Å². The standard InChI is InChI=1S/C28H31NO3/c29-25-18-20(12-11-19-7-3-1-4-8-19)17-24(28(31)32)26(25)27(30)23-15-13-22(14-16-23)21-9-5-2-6-10-21/h13-19,21H,1-10,29H2,(H,31,32). The van der Waals surface area contributed by atoms with E-state index < -0.39 is 5.97 Å². The van der Waals surface area contributed by atoms with Gasteiger partial charge in [-0.15, -0.1) is 0 Å². The Morgan fingerprint density at radius 2 is 1.50 bits per heavy atom. The Kier molecular flexibility index (Phi) is 6.95. The van der Waals surface area contributed by atoms with E-state index >= 15 is 0 Å². The van der Waals surface area contributed by atoms with Gasteiger partial charge in [0.1, 0.15) is 0 Å². The Bertz CT molecular complexity index is 1050. The van der Waals surface area contributed by atoms with Crippen LogP contribution in [0.3, 0.4) is 0 Å². The third-order valence-corrected chi connectivity index (χ3v) is 6.90. The predicted molar refractivity (Wildman–Crippen MR) is 127 cm³/mol. The number of ketones is 1. The second-order valence-corrected chi connectivity index (χ2v) is 9.18. The van der Waals surface area contributed by atoms with Crippen molar-refractivity contribution in [3.63, 3.8) is 0 Å². The minimum absolute atomic E-state index is 0.0473. The second-order valence-electron chi connectivity index (χ2n) is 9.18. The van der Waals surface area contributed by atoms with Crippen molar-refractivity contribution in [1.82, 2.24) is 0 Å². The highest BCUT2D eigenvalue weighted by molar-refractivity contribution is 6.17. The molecule has 0 aliphatic heterocycles. The molecule has 0 amide bonds. The summed E-state index contributed by atoms with van der Waals surface area (Å²) in [4.78, 5) is 25.2. The molecule has 0 spiro atoms. The molecule has 4 nitrogen and oxygen atoms in total. The topological polar surface area (TPSA) is 80.4 Å². The third-order valence-electron chi connectivity index (χ3n) is 6.90. The van der Waals surface area contributed by atoms with Crippen molar-refractivity contribution in [2.45, 2.75) is 70.1 Å². The Morgan fingerprint density at radius 1 is 0.875 bits per heavy atom. The summed E-state index contributed by atoms with van der Waals surface area (Å²) in [5.74, 6) is 5.74. The molecule has 4 rings (SSSR count). The maximum atomic E-state index is 13.2. The van der Waals surface area contributed by atoms with Gasteiger partial charge >= 0.3 is 5.97 Å². The van der Waals surface area contributed by atoms with Crippen LogP contribution in [-0.4, -0.2) is 16.9 Å². The zero-order valence-corrected chi connectivity index (χ0v) is 18.5. The van der Waals surface area contributed by atoms with Crippen molar-refractivity contribution >= 4 is 17.4 Å². The minimum atomic E-state index is -1.17. The van der Waals surface area contributed by atoms with E-state index in [0.717, 1.165) is 12.8 Å². The van der Waals surface area contributed by atoms with E-state index in [9.17, 15) is 14.7 Å². The lowest BCUT2D eigenvalue weighted by Gasteiger charge is -2.22. The van der Waals surface area contributed by atoms with Crippen molar-refractivity contribution in [2.24, 2.45) is 5.92 Å². The summed E-state index contributed by atoms with van der Waals surface area (Å²) in [7, 11) is 0. The zero-order valence-electron chi connectivity index (χ0n) is 18.5. The highest BCUT2D eigenvalue weighted by atomic mass is 16.4.